The number of benzene rings is 2. The van der Waals surface area contributed by atoms with Gasteiger partial charge in [-0.05, 0) is 55.3 Å². The molecule has 3 aromatic rings. The number of ether oxygens (including phenoxy) is 1. The Labute approximate surface area is 135 Å². The van der Waals surface area contributed by atoms with Gasteiger partial charge in [-0.1, -0.05) is 17.3 Å². The van der Waals surface area contributed by atoms with Gasteiger partial charge in [-0.15, -0.1) is 5.10 Å². The van der Waals surface area contributed by atoms with Crippen LogP contribution in [-0.4, -0.2) is 27.2 Å². The maximum Gasteiger partial charge on any atom is 0.119 e. The SMILES string of the molecule is COc1ccc(-n2nnc(CO)c2-c2ccc(C)c(C)c2)cc1. The van der Waals surface area contributed by atoms with Gasteiger partial charge in [-0.2, -0.15) is 0 Å². The third kappa shape index (κ3) is 2.83. The second-order valence-electron chi connectivity index (χ2n) is 5.45. The maximum absolute atomic E-state index is 9.61. The highest BCUT2D eigenvalue weighted by molar-refractivity contribution is 5.65. The summed E-state index contributed by atoms with van der Waals surface area (Å²) in [5.41, 5.74) is 5.63. The van der Waals surface area contributed by atoms with Gasteiger partial charge in [0.05, 0.1) is 19.4 Å². The van der Waals surface area contributed by atoms with Crippen molar-refractivity contribution in [3.05, 3.63) is 59.3 Å². The first-order valence-electron chi connectivity index (χ1n) is 7.41. The van der Waals surface area contributed by atoms with Crippen molar-refractivity contribution in [3.8, 4) is 22.7 Å². The number of aliphatic hydroxyl groups is 1. The lowest BCUT2D eigenvalue weighted by Crippen LogP contribution is -2.01. The predicted molar refractivity (Wildman–Crippen MR) is 88.7 cm³/mol. The molecule has 3 rings (SSSR count). The highest BCUT2D eigenvalue weighted by Gasteiger charge is 2.16. The summed E-state index contributed by atoms with van der Waals surface area (Å²) in [7, 11) is 1.63. The smallest absolute Gasteiger partial charge is 0.119 e. The summed E-state index contributed by atoms with van der Waals surface area (Å²) in [6, 6.07) is 13.8. The molecule has 0 saturated carbocycles. The summed E-state index contributed by atoms with van der Waals surface area (Å²) < 4.78 is 6.94. The van der Waals surface area contributed by atoms with Crippen LogP contribution in [0.1, 0.15) is 16.8 Å². The van der Waals surface area contributed by atoms with Gasteiger partial charge in [-0.25, -0.2) is 4.68 Å². The van der Waals surface area contributed by atoms with Crippen LogP contribution < -0.4 is 4.74 Å². The largest absolute Gasteiger partial charge is 0.497 e. The van der Waals surface area contributed by atoms with E-state index >= 15 is 0 Å². The second kappa shape index (κ2) is 6.22. The van der Waals surface area contributed by atoms with E-state index in [1.165, 1.54) is 11.1 Å². The zero-order chi connectivity index (χ0) is 16.4. The van der Waals surface area contributed by atoms with Crippen LogP contribution in [0.25, 0.3) is 16.9 Å². The highest BCUT2D eigenvalue weighted by Crippen LogP contribution is 2.27. The third-order valence-corrected chi connectivity index (χ3v) is 3.99. The van der Waals surface area contributed by atoms with Gasteiger partial charge in [0.15, 0.2) is 0 Å². The van der Waals surface area contributed by atoms with Crippen LogP contribution in [0.2, 0.25) is 0 Å². The molecule has 0 atom stereocenters. The summed E-state index contributed by atoms with van der Waals surface area (Å²) in [6.07, 6.45) is 0. The van der Waals surface area contributed by atoms with Crippen LogP contribution in [0.3, 0.4) is 0 Å². The Morgan fingerprint density at radius 1 is 1.04 bits per heavy atom. The molecule has 0 bridgehead atoms. The van der Waals surface area contributed by atoms with Crippen molar-refractivity contribution in [1.82, 2.24) is 15.0 Å². The van der Waals surface area contributed by atoms with Gasteiger partial charge >= 0.3 is 0 Å². The van der Waals surface area contributed by atoms with E-state index in [0.29, 0.717) is 5.69 Å². The van der Waals surface area contributed by atoms with Crippen molar-refractivity contribution in [1.29, 1.82) is 0 Å². The minimum Gasteiger partial charge on any atom is -0.497 e. The van der Waals surface area contributed by atoms with E-state index in [9.17, 15) is 5.11 Å². The number of methoxy groups -OCH3 is 1. The zero-order valence-electron chi connectivity index (χ0n) is 13.4. The molecule has 118 valence electrons. The summed E-state index contributed by atoms with van der Waals surface area (Å²) in [6.45, 7) is 3.99. The number of hydrogen-bond donors (Lipinski definition) is 1. The average molecular weight is 309 g/mol. The topological polar surface area (TPSA) is 60.2 Å². The van der Waals surface area contributed by atoms with Gasteiger partial charge in [-0.3, -0.25) is 0 Å². The molecule has 23 heavy (non-hydrogen) atoms. The van der Waals surface area contributed by atoms with E-state index in [1.807, 2.05) is 30.3 Å². The fourth-order valence-electron chi connectivity index (χ4n) is 2.50. The minimum absolute atomic E-state index is 0.154. The number of hydrogen-bond acceptors (Lipinski definition) is 4. The third-order valence-electron chi connectivity index (χ3n) is 3.99. The lowest BCUT2D eigenvalue weighted by Gasteiger charge is -2.10. The van der Waals surface area contributed by atoms with E-state index in [1.54, 1.807) is 11.8 Å². The van der Waals surface area contributed by atoms with E-state index < -0.39 is 0 Å². The fourth-order valence-corrected chi connectivity index (χ4v) is 2.50. The van der Waals surface area contributed by atoms with E-state index in [-0.39, 0.29) is 6.61 Å². The van der Waals surface area contributed by atoms with E-state index in [2.05, 4.69) is 36.3 Å². The average Bonchev–Trinajstić information content (AvgIpc) is 3.01. The van der Waals surface area contributed by atoms with Crippen LogP contribution >= 0.6 is 0 Å². The molecule has 0 aliphatic carbocycles. The molecule has 1 aromatic heterocycles. The van der Waals surface area contributed by atoms with Gasteiger partial charge in [0.25, 0.3) is 0 Å². The number of aromatic nitrogens is 3. The van der Waals surface area contributed by atoms with Gasteiger partial charge in [0, 0.05) is 5.56 Å². The minimum atomic E-state index is -0.154. The van der Waals surface area contributed by atoms with E-state index in [4.69, 9.17) is 4.74 Å². The van der Waals surface area contributed by atoms with Crippen molar-refractivity contribution in [2.45, 2.75) is 20.5 Å². The van der Waals surface area contributed by atoms with E-state index in [0.717, 1.165) is 22.7 Å². The van der Waals surface area contributed by atoms with Gasteiger partial charge in [0.2, 0.25) is 0 Å². The second-order valence-corrected chi connectivity index (χ2v) is 5.45. The van der Waals surface area contributed by atoms with Crippen LogP contribution in [0.5, 0.6) is 5.75 Å². The number of rotatable bonds is 4. The molecular weight excluding hydrogens is 290 g/mol. The molecule has 0 aliphatic heterocycles. The van der Waals surface area contributed by atoms with Crippen molar-refractivity contribution >= 4 is 0 Å². The summed E-state index contributed by atoms with van der Waals surface area (Å²) >= 11 is 0. The quantitative estimate of drug-likeness (QED) is 0.804. The first kappa shape index (κ1) is 15.2. The fraction of sp³-hybridized carbons (Fsp3) is 0.222. The monoisotopic (exact) mass is 309 g/mol. The van der Waals surface area contributed by atoms with Gasteiger partial charge in [0.1, 0.15) is 17.1 Å². The number of nitrogens with zero attached hydrogens (tertiary/aromatic N) is 3. The van der Waals surface area contributed by atoms with Crippen LogP contribution in [0.4, 0.5) is 0 Å². The molecule has 0 radical (unpaired) electrons. The molecule has 5 heteroatoms. The predicted octanol–water partition coefficient (Wildman–Crippen LogP) is 3.05. The summed E-state index contributed by atoms with van der Waals surface area (Å²) in [5, 5.41) is 17.9. The highest BCUT2D eigenvalue weighted by atomic mass is 16.5. The van der Waals surface area contributed by atoms with Crippen molar-refractivity contribution in [2.24, 2.45) is 0 Å². The summed E-state index contributed by atoms with van der Waals surface area (Å²) in [4.78, 5) is 0. The Balaban J connectivity index is 2.14. The molecule has 0 amide bonds. The Kier molecular flexibility index (Phi) is 4.12. The Morgan fingerprint density at radius 2 is 1.78 bits per heavy atom. The molecule has 0 saturated heterocycles. The molecule has 0 aliphatic rings. The maximum atomic E-state index is 9.61. The molecule has 0 spiro atoms. The molecule has 1 N–H and O–H groups in total. The number of aryl methyl sites for hydroxylation is 2. The van der Waals surface area contributed by atoms with Crippen LogP contribution in [-0.2, 0) is 6.61 Å². The molecule has 0 fully saturated rings. The van der Waals surface area contributed by atoms with Crippen molar-refractivity contribution in [3.63, 3.8) is 0 Å². The number of aliphatic hydroxyl groups excluding tert-OH is 1. The molecule has 0 unspecified atom stereocenters. The molecular formula is C18H19N3O2. The first-order chi connectivity index (χ1) is 11.1. The standard InChI is InChI=1S/C18H19N3O2/c1-12-4-5-14(10-13(12)2)18-17(11-22)19-20-21(18)15-6-8-16(23-3)9-7-15/h4-10,22H,11H2,1-3H3. The lowest BCUT2D eigenvalue weighted by atomic mass is 10.0. The van der Waals surface area contributed by atoms with Gasteiger partial charge < -0.3 is 9.84 Å². The Hall–Kier alpha value is -2.66. The van der Waals surface area contributed by atoms with Crippen LogP contribution in [0.15, 0.2) is 42.5 Å². The Bertz CT molecular complexity index is 823. The molecule has 5 nitrogen and oxygen atoms in total. The van der Waals surface area contributed by atoms with Crippen LogP contribution in [0, 0.1) is 13.8 Å². The lowest BCUT2D eigenvalue weighted by molar-refractivity contribution is 0.277. The summed E-state index contributed by atoms with van der Waals surface area (Å²) in [5.74, 6) is 0.781. The first-order valence-corrected chi connectivity index (χ1v) is 7.41. The normalized spacial score (nSPS) is 10.8. The molecule has 2 aromatic carbocycles. The van der Waals surface area contributed by atoms with Crippen molar-refractivity contribution in [2.75, 3.05) is 7.11 Å². The Morgan fingerprint density at radius 3 is 2.39 bits per heavy atom. The molecule has 1 heterocycles. The zero-order valence-corrected chi connectivity index (χ0v) is 13.4. The van der Waals surface area contributed by atoms with Crippen molar-refractivity contribution < 1.29 is 9.84 Å².